The van der Waals surface area contributed by atoms with Crippen molar-refractivity contribution < 1.29 is 4.79 Å². The van der Waals surface area contributed by atoms with E-state index in [0.29, 0.717) is 23.0 Å². The fourth-order valence-electron chi connectivity index (χ4n) is 3.13. The SMILES string of the molecule is CN(C)[C@H]1CCN(Cc2ccc(C(=O)Nc3ccc(C#N)nc3)cc2)C1. The predicted molar refractivity (Wildman–Crippen MR) is 101 cm³/mol. The zero-order chi connectivity index (χ0) is 18.5. The van der Waals surface area contributed by atoms with Gasteiger partial charge in [0.25, 0.3) is 5.91 Å². The lowest BCUT2D eigenvalue weighted by Crippen LogP contribution is -2.31. The first kappa shape index (κ1) is 18.1. The molecule has 1 fully saturated rings. The van der Waals surface area contributed by atoms with Crippen molar-refractivity contribution >= 4 is 11.6 Å². The number of carbonyl (C=O) groups is 1. The molecule has 0 unspecified atom stereocenters. The molecule has 1 amide bonds. The Labute approximate surface area is 154 Å². The van der Waals surface area contributed by atoms with Crippen molar-refractivity contribution in [2.24, 2.45) is 0 Å². The summed E-state index contributed by atoms with van der Waals surface area (Å²) in [5.74, 6) is -0.183. The number of nitriles is 1. The Kier molecular flexibility index (Phi) is 5.61. The average molecular weight is 349 g/mol. The fraction of sp³-hybridized carbons (Fsp3) is 0.350. The maximum atomic E-state index is 12.3. The molecule has 0 bridgehead atoms. The number of likely N-dealkylation sites (tertiary alicyclic amines) is 1. The Bertz CT molecular complexity index is 792. The Morgan fingerprint density at radius 1 is 1.31 bits per heavy atom. The molecular weight excluding hydrogens is 326 g/mol. The predicted octanol–water partition coefficient (Wildman–Crippen LogP) is 2.34. The minimum Gasteiger partial charge on any atom is -0.321 e. The van der Waals surface area contributed by atoms with Crippen molar-refractivity contribution in [2.75, 3.05) is 32.5 Å². The summed E-state index contributed by atoms with van der Waals surface area (Å²) in [6.07, 6.45) is 2.69. The topological polar surface area (TPSA) is 72.3 Å². The number of nitrogens with zero attached hydrogens (tertiary/aromatic N) is 4. The number of pyridine rings is 1. The quantitative estimate of drug-likeness (QED) is 0.897. The summed E-state index contributed by atoms with van der Waals surface area (Å²) < 4.78 is 0. The van der Waals surface area contributed by atoms with Gasteiger partial charge in [-0.2, -0.15) is 5.26 Å². The van der Waals surface area contributed by atoms with Crippen LogP contribution in [0.5, 0.6) is 0 Å². The number of benzene rings is 1. The van der Waals surface area contributed by atoms with Crippen LogP contribution in [0.15, 0.2) is 42.6 Å². The van der Waals surface area contributed by atoms with E-state index in [1.807, 2.05) is 30.3 Å². The summed E-state index contributed by atoms with van der Waals surface area (Å²) in [6.45, 7) is 3.10. The van der Waals surface area contributed by atoms with Gasteiger partial charge in [-0.25, -0.2) is 4.98 Å². The van der Waals surface area contributed by atoms with E-state index >= 15 is 0 Å². The number of hydrogen-bond acceptors (Lipinski definition) is 5. The lowest BCUT2D eigenvalue weighted by Gasteiger charge is -2.20. The number of nitrogens with one attached hydrogen (secondary N) is 1. The second kappa shape index (κ2) is 8.09. The molecule has 1 N–H and O–H groups in total. The van der Waals surface area contributed by atoms with Gasteiger partial charge in [0.2, 0.25) is 0 Å². The summed E-state index contributed by atoms with van der Waals surface area (Å²) in [5, 5.41) is 11.5. The molecule has 1 aliphatic rings. The fourth-order valence-corrected chi connectivity index (χ4v) is 3.13. The molecule has 0 radical (unpaired) electrons. The van der Waals surface area contributed by atoms with Gasteiger partial charge in [-0.15, -0.1) is 0 Å². The van der Waals surface area contributed by atoms with Gasteiger partial charge in [-0.3, -0.25) is 9.69 Å². The number of aromatic nitrogens is 1. The molecule has 2 heterocycles. The molecule has 0 saturated carbocycles. The van der Waals surface area contributed by atoms with Crippen LogP contribution in [0.2, 0.25) is 0 Å². The highest BCUT2D eigenvalue weighted by atomic mass is 16.1. The van der Waals surface area contributed by atoms with Crippen LogP contribution < -0.4 is 5.32 Å². The van der Waals surface area contributed by atoms with Gasteiger partial charge >= 0.3 is 0 Å². The van der Waals surface area contributed by atoms with E-state index in [9.17, 15) is 4.79 Å². The summed E-state index contributed by atoms with van der Waals surface area (Å²) in [7, 11) is 4.26. The van der Waals surface area contributed by atoms with E-state index < -0.39 is 0 Å². The van der Waals surface area contributed by atoms with Crippen molar-refractivity contribution in [3.8, 4) is 6.07 Å². The van der Waals surface area contributed by atoms with E-state index in [1.165, 1.54) is 18.2 Å². The number of amides is 1. The third-order valence-corrected chi connectivity index (χ3v) is 4.74. The Morgan fingerprint density at radius 2 is 2.08 bits per heavy atom. The van der Waals surface area contributed by atoms with E-state index in [0.717, 1.165) is 19.6 Å². The van der Waals surface area contributed by atoms with Crippen LogP contribution in [0.25, 0.3) is 0 Å². The van der Waals surface area contributed by atoms with Crippen LogP contribution in [0.4, 0.5) is 5.69 Å². The van der Waals surface area contributed by atoms with E-state index in [1.54, 1.807) is 12.1 Å². The number of likely N-dealkylation sites (N-methyl/N-ethyl adjacent to an activating group) is 1. The van der Waals surface area contributed by atoms with Crippen molar-refractivity contribution in [1.82, 2.24) is 14.8 Å². The third-order valence-electron chi connectivity index (χ3n) is 4.74. The first-order chi connectivity index (χ1) is 12.5. The van der Waals surface area contributed by atoms with Gasteiger partial charge in [0.05, 0.1) is 11.9 Å². The molecule has 0 aliphatic carbocycles. The molecule has 1 aromatic heterocycles. The maximum Gasteiger partial charge on any atom is 0.255 e. The van der Waals surface area contributed by atoms with Gasteiger partial charge in [-0.05, 0) is 50.3 Å². The van der Waals surface area contributed by atoms with Crippen LogP contribution in [-0.2, 0) is 6.54 Å². The molecule has 6 heteroatoms. The minimum absolute atomic E-state index is 0.183. The highest BCUT2D eigenvalue weighted by molar-refractivity contribution is 6.04. The summed E-state index contributed by atoms with van der Waals surface area (Å²) in [5.41, 5.74) is 2.71. The standard InChI is InChI=1S/C20H23N5O/c1-24(2)19-9-10-25(14-19)13-15-3-5-16(6-4-15)20(26)23-18-8-7-17(11-21)22-12-18/h3-8,12,19H,9-10,13-14H2,1-2H3,(H,23,26)/t19-/m0/s1. The first-order valence-corrected chi connectivity index (χ1v) is 8.70. The molecule has 0 spiro atoms. The lowest BCUT2D eigenvalue weighted by molar-refractivity contribution is 0.102. The van der Waals surface area contributed by atoms with Gasteiger partial charge in [0.1, 0.15) is 11.8 Å². The average Bonchev–Trinajstić information content (AvgIpc) is 3.12. The second-order valence-corrected chi connectivity index (χ2v) is 6.84. The normalized spacial score (nSPS) is 17.2. The van der Waals surface area contributed by atoms with Gasteiger partial charge in [0, 0.05) is 31.2 Å². The summed E-state index contributed by atoms with van der Waals surface area (Å²) in [4.78, 5) is 21.0. The summed E-state index contributed by atoms with van der Waals surface area (Å²) in [6, 6.07) is 13.5. The first-order valence-electron chi connectivity index (χ1n) is 8.70. The Balaban J connectivity index is 1.56. The summed E-state index contributed by atoms with van der Waals surface area (Å²) >= 11 is 0. The molecule has 6 nitrogen and oxygen atoms in total. The van der Waals surface area contributed by atoms with Crippen LogP contribution in [0.3, 0.4) is 0 Å². The molecular formula is C20H23N5O. The second-order valence-electron chi connectivity index (χ2n) is 6.84. The van der Waals surface area contributed by atoms with Gasteiger partial charge < -0.3 is 10.2 Å². The molecule has 1 saturated heterocycles. The largest absolute Gasteiger partial charge is 0.321 e. The van der Waals surface area contributed by atoms with E-state index in [2.05, 4.69) is 34.2 Å². The van der Waals surface area contributed by atoms with Crippen molar-refractivity contribution in [3.05, 3.63) is 59.4 Å². The Morgan fingerprint density at radius 3 is 2.65 bits per heavy atom. The highest BCUT2D eigenvalue weighted by Crippen LogP contribution is 2.17. The van der Waals surface area contributed by atoms with Crippen molar-refractivity contribution in [3.63, 3.8) is 0 Å². The molecule has 1 atom stereocenters. The number of carbonyl (C=O) groups excluding carboxylic acids is 1. The number of rotatable bonds is 5. The van der Waals surface area contributed by atoms with E-state index in [-0.39, 0.29) is 5.91 Å². The van der Waals surface area contributed by atoms with Gasteiger partial charge in [0.15, 0.2) is 0 Å². The monoisotopic (exact) mass is 349 g/mol. The van der Waals surface area contributed by atoms with Crippen molar-refractivity contribution in [2.45, 2.75) is 19.0 Å². The van der Waals surface area contributed by atoms with Crippen LogP contribution in [0.1, 0.15) is 28.0 Å². The van der Waals surface area contributed by atoms with Crippen molar-refractivity contribution in [1.29, 1.82) is 5.26 Å². The minimum atomic E-state index is -0.183. The number of hydrogen-bond donors (Lipinski definition) is 1. The molecule has 2 aromatic rings. The molecule has 26 heavy (non-hydrogen) atoms. The van der Waals surface area contributed by atoms with Gasteiger partial charge in [-0.1, -0.05) is 12.1 Å². The molecule has 134 valence electrons. The lowest BCUT2D eigenvalue weighted by atomic mass is 10.1. The third kappa shape index (κ3) is 4.45. The zero-order valence-corrected chi connectivity index (χ0v) is 15.1. The number of anilines is 1. The highest BCUT2D eigenvalue weighted by Gasteiger charge is 2.23. The Hall–Kier alpha value is -2.75. The molecule has 3 rings (SSSR count). The van der Waals surface area contributed by atoms with Crippen LogP contribution in [-0.4, -0.2) is 53.9 Å². The molecule has 1 aromatic carbocycles. The smallest absolute Gasteiger partial charge is 0.255 e. The van der Waals surface area contributed by atoms with Crippen LogP contribution in [0, 0.1) is 11.3 Å². The van der Waals surface area contributed by atoms with Crippen LogP contribution >= 0.6 is 0 Å². The molecule has 1 aliphatic heterocycles. The zero-order valence-electron chi connectivity index (χ0n) is 15.1. The van der Waals surface area contributed by atoms with E-state index in [4.69, 9.17) is 5.26 Å². The maximum absolute atomic E-state index is 12.3.